The number of carbonyl (C=O) groups is 2. The quantitative estimate of drug-likeness (QED) is 0.647. The molecular formula is C20H32N4O5S2. The first kappa shape index (κ1) is 23.9. The zero-order valence-electron chi connectivity index (χ0n) is 18.3. The molecule has 2 fully saturated rings. The van der Waals surface area contributed by atoms with Crippen molar-refractivity contribution in [3.05, 3.63) is 15.4 Å². The normalized spacial score (nSPS) is 20.1. The maximum atomic E-state index is 13.1. The second kappa shape index (κ2) is 9.83. The molecule has 1 unspecified atom stereocenters. The number of sulfonamides is 1. The van der Waals surface area contributed by atoms with E-state index in [2.05, 4.69) is 10.3 Å². The van der Waals surface area contributed by atoms with Crippen LogP contribution in [0.25, 0.3) is 0 Å². The van der Waals surface area contributed by atoms with E-state index in [0.29, 0.717) is 17.0 Å². The predicted molar refractivity (Wildman–Crippen MR) is 118 cm³/mol. The maximum absolute atomic E-state index is 13.1. The highest BCUT2D eigenvalue weighted by Gasteiger charge is 2.36. The number of aromatic amines is 1. The molecule has 1 aromatic rings. The van der Waals surface area contributed by atoms with Gasteiger partial charge in [0.2, 0.25) is 11.8 Å². The van der Waals surface area contributed by atoms with Gasteiger partial charge in [-0.05, 0) is 25.7 Å². The van der Waals surface area contributed by atoms with Crippen LogP contribution < -0.4 is 10.2 Å². The molecular weight excluding hydrogens is 440 g/mol. The topological polar surface area (TPSA) is 120 Å². The summed E-state index contributed by atoms with van der Waals surface area (Å²) in [6.07, 6.45) is 4.98. The van der Waals surface area contributed by atoms with Gasteiger partial charge in [-0.15, -0.1) is 0 Å². The van der Waals surface area contributed by atoms with Crippen molar-refractivity contribution in [2.75, 3.05) is 26.2 Å². The SMILES string of the molecule is Cc1[nH]c(=O)sc1S(=O)(=O)N1CCN(C(=O)C(NC(=O)C2CCCCC2)C(C)C)CC1. The molecule has 1 aromatic heterocycles. The molecule has 1 saturated carbocycles. The highest BCUT2D eigenvalue weighted by Crippen LogP contribution is 2.25. The third kappa shape index (κ3) is 5.38. The highest BCUT2D eigenvalue weighted by molar-refractivity contribution is 7.91. The second-order valence-electron chi connectivity index (χ2n) is 8.72. The monoisotopic (exact) mass is 472 g/mol. The van der Waals surface area contributed by atoms with Gasteiger partial charge in [0.25, 0.3) is 10.0 Å². The van der Waals surface area contributed by atoms with Crippen LogP contribution in [0.4, 0.5) is 0 Å². The van der Waals surface area contributed by atoms with Crippen LogP contribution in [0.15, 0.2) is 9.00 Å². The third-order valence-corrected chi connectivity index (χ3v) is 9.59. The molecule has 9 nitrogen and oxygen atoms in total. The minimum absolute atomic E-state index is 0.0251. The molecule has 2 heterocycles. The lowest BCUT2D eigenvalue weighted by molar-refractivity contribution is -0.139. The van der Waals surface area contributed by atoms with E-state index in [1.165, 1.54) is 4.31 Å². The fourth-order valence-corrected chi connectivity index (χ4v) is 7.11. The van der Waals surface area contributed by atoms with Crippen molar-refractivity contribution < 1.29 is 18.0 Å². The molecule has 31 heavy (non-hydrogen) atoms. The maximum Gasteiger partial charge on any atom is 0.305 e. The van der Waals surface area contributed by atoms with E-state index < -0.39 is 20.9 Å². The molecule has 174 valence electrons. The van der Waals surface area contributed by atoms with Crippen LogP contribution in [0.3, 0.4) is 0 Å². The van der Waals surface area contributed by atoms with Crippen LogP contribution in [-0.2, 0) is 19.6 Å². The van der Waals surface area contributed by atoms with E-state index in [9.17, 15) is 22.8 Å². The van der Waals surface area contributed by atoms with Crippen LogP contribution in [0.2, 0.25) is 0 Å². The Morgan fingerprint density at radius 3 is 2.23 bits per heavy atom. The molecule has 2 amide bonds. The van der Waals surface area contributed by atoms with Crippen molar-refractivity contribution in [3.8, 4) is 0 Å². The molecule has 3 rings (SSSR count). The number of carbonyl (C=O) groups excluding carboxylic acids is 2. The summed E-state index contributed by atoms with van der Waals surface area (Å²) in [6.45, 7) is 6.18. The molecule has 1 aliphatic heterocycles. The lowest BCUT2D eigenvalue weighted by atomic mass is 9.88. The average Bonchev–Trinajstić information content (AvgIpc) is 3.10. The Labute approximate surface area is 187 Å². The van der Waals surface area contributed by atoms with Gasteiger partial charge in [0, 0.05) is 37.8 Å². The Morgan fingerprint density at radius 2 is 1.71 bits per heavy atom. The standard InChI is InChI=1S/C20H32N4O5S2/c1-13(2)16(22-17(25)15-7-5-4-6-8-15)18(26)23-9-11-24(12-10-23)31(28,29)19-14(3)21-20(27)30-19/h13,15-16H,4-12H2,1-3H3,(H,21,27)(H,22,25). The minimum Gasteiger partial charge on any atom is -0.344 e. The third-order valence-electron chi connectivity index (χ3n) is 6.11. The lowest BCUT2D eigenvalue weighted by Crippen LogP contribution is -2.57. The average molecular weight is 473 g/mol. The van der Waals surface area contributed by atoms with Crippen LogP contribution in [0.1, 0.15) is 51.6 Å². The Balaban J connectivity index is 1.63. The molecule has 1 atom stereocenters. The van der Waals surface area contributed by atoms with E-state index >= 15 is 0 Å². The van der Waals surface area contributed by atoms with Gasteiger partial charge < -0.3 is 15.2 Å². The number of aromatic nitrogens is 1. The minimum atomic E-state index is -3.78. The van der Waals surface area contributed by atoms with Gasteiger partial charge in [-0.25, -0.2) is 8.42 Å². The summed E-state index contributed by atoms with van der Waals surface area (Å²) >= 11 is 0.682. The molecule has 0 bridgehead atoms. The van der Waals surface area contributed by atoms with Crippen molar-refractivity contribution in [2.24, 2.45) is 11.8 Å². The van der Waals surface area contributed by atoms with Crippen molar-refractivity contribution in [1.82, 2.24) is 19.5 Å². The predicted octanol–water partition coefficient (Wildman–Crippen LogP) is 1.30. The first-order valence-corrected chi connectivity index (χ1v) is 13.2. The number of rotatable bonds is 6. The van der Waals surface area contributed by atoms with Crippen LogP contribution in [0, 0.1) is 18.8 Å². The van der Waals surface area contributed by atoms with E-state index in [1.807, 2.05) is 13.8 Å². The Kier molecular flexibility index (Phi) is 7.59. The molecule has 0 radical (unpaired) electrons. The van der Waals surface area contributed by atoms with Gasteiger partial charge >= 0.3 is 4.87 Å². The van der Waals surface area contributed by atoms with Gasteiger partial charge in [0.15, 0.2) is 4.21 Å². The van der Waals surface area contributed by atoms with E-state index in [-0.39, 0.29) is 54.0 Å². The summed E-state index contributed by atoms with van der Waals surface area (Å²) in [5.74, 6) is -0.312. The molecule has 2 N–H and O–H groups in total. The number of H-pyrrole nitrogens is 1. The summed E-state index contributed by atoms with van der Waals surface area (Å²) in [5, 5.41) is 2.96. The summed E-state index contributed by atoms with van der Waals surface area (Å²) in [4.78, 5) is 41.1. The van der Waals surface area contributed by atoms with Crippen LogP contribution in [-0.4, -0.2) is 66.6 Å². The number of amides is 2. The van der Waals surface area contributed by atoms with Crippen molar-refractivity contribution in [2.45, 2.75) is 63.1 Å². The molecule has 1 saturated heterocycles. The van der Waals surface area contributed by atoms with Gasteiger partial charge in [-0.1, -0.05) is 44.4 Å². The molecule has 1 aliphatic carbocycles. The Bertz CT molecular complexity index is 954. The summed E-state index contributed by atoms with van der Waals surface area (Å²) in [7, 11) is -3.78. The summed E-state index contributed by atoms with van der Waals surface area (Å²) in [6, 6.07) is -0.616. The van der Waals surface area contributed by atoms with E-state index in [1.54, 1.807) is 11.8 Å². The van der Waals surface area contributed by atoms with Crippen LogP contribution >= 0.6 is 11.3 Å². The molecule has 0 aromatic carbocycles. The number of thiazole rings is 1. The first-order chi connectivity index (χ1) is 14.6. The largest absolute Gasteiger partial charge is 0.344 e. The fourth-order valence-electron chi connectivity index (χ4n) is 4.25. The summed E-state index contributed by atoms with van der Waals surface area (Å²) in [5.41, 5.74) is 0.332. The van der Waals surface area contributed by atoms with Gasteiger partial charge in [-0.3, -0.25) is 14.4 Å². The van der Waals surface area contributed by atoms with Crippen LogP contribution in [0.5, 0.6) is 0 Å². The number of hydrogen-bond donors (Lipinski definition) is 2. The van der Waals surface area contributed by atoms with Gasteiger partial charge in [0.1, 0.15) is 6.04 Å². The van der Waals surface area contributed by atoms with Crippen molar-refractivity contribution >= 4 is 33.2 Å². The van der Waals surface area contributed by atoms with E-state index in [4.69, 9.17) is 0 Å². The highest BCUT2D eigenvalue weighted by atomic mass is 32.2. The van der Waals surface area contributed by atoms with Crippen molar-refractivity contribution in [3.63, 3.8) is 0 Å². The van der Waals surface area contributed by atoms with Gasteiger partial charge in [-0.2, -0.15) is 4.31 Å². The Hall–Kier alpha value is -1.72. The number of nitrogens with one attached hydrogen (secondary N) is 2. The van der Waals surface area contributed by atoms with E-state index in [0.717, 1.165) is 32.1 Å². The molecule has 11 heteroatoms. The lowest BCUT2D eigenvalue weighted by Gasteiger charge is -2.37. The zero-order valence-corrected chi connectivity index (χ0v) is 20.0. The summed E-state index contributed by atoms with van der Waals surface area (Å²) < 4.78 is 27.1. The second-order valence-corrected chi connectivity index (χ2v) is 11.8. The number of aryl methyl sites for hydroxylation is 1. The molecule has 2 aliphatic rings. The zero-order chi connectivity index (χ0) is 22.8. The smallest absolute Gasteiger partial charge is 0.305 e. The Morgan fingerprint density at radius 1 is 1.10 bits per heavy atom. The first-order valence-electron chi connectivity index (χ1n) is 10.9. The fraction of sp³-hybridized carbons (Fsp3) is 0.750. The number of hydrogen-bond acceptors (Lipinski definition) is 6. The number of piperazine rings is 1. The number of nitrogens with zero attached hydrogens (tertiary/aromatic N) is 2. The van der Waals surface area contributed by atoms with Gasteiger partial charge in [0.05, 0.1) is 0 Å². The molecule has 0 spiro atoms. The van der Waals surface area contributed by atoms with Crippen molar-refractivity contribution in [1.29, 1.82) is 0 Å².